The fourth-order valence-electron chi connectivity index (χ4n) is 1.90. The van der Waals surface area contributed by atoms with Crippen LogP contribution in [0, 0.1) is 0 Å². The van der Waals surface area contributed by atoms with E-state index in [0.29, 0.717) is 11.4 Å². The van der Waals surface area contributed by atoms with Crippen LogP contribution in [0.5, 0.6) is 0 Å². The normalized spacial score (nSPS) is 10.0. The van der Waals surface area contributed by atoms with Gasteiger partial charge in [-0.05, 0) is 17.0 Å². The molecule has 0 aliphatic carbocycles. The molecule has 2 rings (SSSR count). The van der Waals surface area contributed by atoms with Crippen molar-refractivity contribution in [3.63, 3.8) is 0 Å². The second-order valence-corrected chi connectivity index (χ2v) is 6.00. The fourth-order valence-corrected chi connectivity index (χ4v) is 2.54. The molecular weight excluding hydrogens is 328 g/mol. The van der Waals surface area contributed by atoms with Crippen molar-refractivity contribution in [3.8, 4) is 0 Å². The average molecular weight is 346 g/mol. The lowest BCUT2D eigenvalue weighted by Crippen LogP contribution is -2.34. The second-order valence-electron chi connectivity index (χ2n) is 5.06. The Kier molecular flexibility index (Phi) is 6.51. The number of amides is 2. The first-order valence-corrected chi connectivity index (χ1v) is 8.19. The van der Waals surface area contributed by atoms with Crippen molar-refractivity contribution in [1.82, 2.24) is 10.2 Å². The third-order valence-electron chi connectivity index (χ3n) is 3.18. The summed E-state index contributed by atoms with van der Waals surface area (Å²) in [5.41, 5.74) is 0.989. The minimum absolute atomic E-state index is 0.271. The number of carbonyl (C=O) groups excluding carboxylic acids is 3. The minimum Gasteiger partial charge on any atom is -0.454 e. The fraction of sp³-hybridized carbons (Fsp3) is 0.235. The van der Waals surface area contributed by atoms with Gasteiger partial charge in [0.1, 0.15) is 6.54 Å². The minimum atomic E-state index is -0.652. The number of benzene rings is 1. The van der Waals surface area contributed by atoms with Crippen LogP contribution in [0.4, 0.5) is 0 Å². The number of esters is 1. The summed E-state index contributed by atoms with van der Waals surface area (Å²) >= 11 is 1.28. The Morgan fingerprint density at radius 3 is 2.54 bits per heavy atom. The van der Waals surface area contributed by atoms with E-state index in [9.17, 15) is 14.4 Å². The Bertz CT molecular complexity index is 686. The van der Waals surface area contributed by atoms with Gasteiger partial charge in [0.05, 0.1) is 4.88 Å². The Labute approximate surface area is 144 Å². The lowest BCUT2D eigenvalue weighted by atomic mass is 10.2. The molecule has 2 aromatic rings. The molecule has 0 spiro atoms. The number of hydrogen-bond acceptors (Lipinski definition) is 5. The summed E-state index contributed by atoms with van der Waals surface area (Å²) in [5.74, 6) is -1.30. The highest BCUT2D eigenvalue weighted by molar-refractivity contribution is 7.12. The number of nitrogens with one attached hydrogen (secondary N) is 1. The van der Waals surface area contributed by atoms with E-state index in [4.69, 9.17) is 4.74 Å². The average Bonchev–Trinajstić information content (AvgIpc) is 3.13. The van der Waals surface area contributed by atoms with Crippen molar-refractivity contribution in [3.05, 3.63) is 58.3 Å². The third-order valence-corrected chi connectivity index (χ3v) is 4.05. The van der Waals surface area contributed by atoms with Crippen molar-refractivity contribution in [1.29, 1.82) is 0 Å². The monoisotopic (exact) mass is 346 g/mol. The number of nitrogens with zero attached hydrogens (tertiary/aromatic N) is 1. The van der Waals surface area contributed by atoms with Gasteiger partial charge in [-0.25, -0.2) is 0 Å². The van der Waals surface area contributed by atoms with Crippen molar-refractivity contribution >= 4 is 29.1 Å². The van der Waals surface area contributed by atoms with Crippen molar-refractivity contribution < 1.29 is 19.1 Å². The molecule has 2 amide bonds. The van der Waals surface area contributed by atoms with E-state index in [2.05, 4.69) is 5.32 Å². The van der Waals surface area contributed by atoms with Gasteiger partial charge in [-0.1, -0.05) is 36.4 Å². The zero-order chi connectivity index (χ0) is 17.4. The summed E-state index contributed by atoms with van der Waals surface area (Å²) in [6, 6.07) is 12.9. The molecule has 0 radical (unpaired) electrons. The number of rotatable bonds is 7. The topological polar surface area (TPSA) is 75.7 Å². The molecule has 0 atom stereocenters. The van der Waals surface area contributed by atoms with Crippen LogP contribution >= 0.6 is 11.3 Å². The highest BCUT2D eigenvalue weighted by atomic mass is 32.1. The van der Waals surface area contributed by atoms with Crippen LogP contribution < -0.4 is 5.32 Å². The largest absolute Gasteiger partial charge is 0.454 e. The van der Waals surface area contributed by atoms with Gasteiger partial charge in [0, 0.05) is 13.6 Å². The highest BCUT2D eigenvalue weighted by Crippen LogP contribution is 2.07. The number of ether oxygens (including phenoxy) is 1. The molecule has 1 heterocycles. The summed E-state index contributed by atoms with van der Waals surface area (Å²) < 4.78 is 4.89. The summed E-state index contributed by atoms with van der Waals surface area (Å²) in [6.45, 7) is -0.185. The van der Waals surface area contributed by atoms with Gasteiger partial charge in [-0.15, -0.1) is 11.3 Å². The Morgan fingerprint density at radius 1 is 1.12 bits per heavy atom. The van der Waals surface area contributed by atoms with Crippen LogP contribution in [0.1, 0.15) is 15.2 Å². The van der Waals surface area contributed by atoms with Gasteiger partial charge in [0.2, 0.25) is 0 Å². The van der Waals surface area contributed by atoms with Gasteiger partial charge in [0.25, 0.3) is 11.8 Å². The summed E-state index contributed by atoms with van der Waals surface area (Å²) in [6.07, 6.45) is 0. The predicted molar refractivity (Wildman–Crippen MR) is 90.5 cm³/mol. The molecule has 24 heavy (non-hydrogen) atoms. The van der Waals surface area contributed by atoms with Gasteiger partial charge in [-0.2, -0.15) is 0 Å². The first-order valence-electron chi connectivity index (χ1n) is 7.31. The molecule has 7 heteroatoms. The molecule has 1 aromatic carbocycles. The zero-order valence-corrected chi connectivity index (χ0v) is 14.0. The molecule has 0 saturated carbocycles. The smallest absolute Gasteiger partial charge is 0.325 e. The van der Waals surface area contributed by atoms with Gasteiger partial charge in [0.15, 0.2) is 6.61 Å². The standard InChI is InChI=1S/C17H18N2O4S/c1-19(11-13-6-3-2-4-7-13)15(20)12-23-16(21)10-18-17(22)14-8-5-9-24-14/h2-9H,10-12H2,1H3,(H,18,22). The molecule has 1 aromatic heterocycles. The molecule has 1 N–H and O–H groups in total. The van der Waals surface area contributed by atoms with Gasteiger partial charge in [-0.3, -0.25) is 14.4 Å². The molecule has 0 saturated heterocycles. The number of thiophene rings is 1. The van der Waals surface area contributed by atoms with E-state index in [-0.39, 0.29) is 25.0 Å². The molecule has 0 bridgehead atoms. The highest BCUT2D eigenvalue weighted by Gasteiger charge is 2.14. The Balaban J connectivity index is 1.69. The molecule has 6 nitrogen and oxygen atoms in total. The van der Waals surface area contributed by atoms with Crippen molar-refractivity contribution in [2.45, 2.75) is 6.54 Å². The van der Waals surface area contributed by atoms with Crippen molar-refractivity contribution in [2.75, 3.05) is 20.2 Å². The van der Waals surface area contributed by atoms with Crippen LogP contribution in [0.2, 0.25) is 0 Å². The molecule has 0 unspecified atom stereocenters. The summed E-state index contributed by atoms with van der Waals surface area (Å²) in [4.78, 5) is 37.2. The quantitative estimate of drug-likeness (QED) is 0.774. The predicted octanol–water partition coefficient (Wildman–Crippen LogP) is 1.68. The maximum atomic E-state index is 11.9. The van der Waals surface area contributed by atoms with Crippen LogP contribution in [0.25, 0.3) is 0 Å². The maximum absolute atomic E-state index is 11.9. The third kappa shape index (κ3) is 5.51. The zero-order valence-electron chi connectivity index (χ0n) is 13.2. The molecule has 0 fully saturated rings. The van der Waals surface area contributed by atoms with Crippen LogP contribution in [0.3, 0.4) is 0 Å². The van der Waals surface area contributed by atoms with Gasteiger partial charge >= 0.3 is 5.97 Å². The van der Waals surface area contributed by atoms with E-state index in [0.717, 1.165) is 5.56 Å². The number of likely N-dealkylation sites (N-methyl/N-ethyl adjacent to an activating group) is 1. The van der Waals surface area contributed by atoms with E-state index in [1.807, 2.05) is 30.3 Å². The first-order chi connectivity index (χ1) is 11.6. The molecular formula is C17H18N2O4S. The lowest BCUT2D eigenvalue weighted by molar-refractivity contribution is -0.150. The Hall–Kier alpha value is -2.67. The number of hydrogen-bond donors (Lipinski definition) is 1. The van der Waals surface area contributed by atoms with Crippen molar-refractivity contribution in [2.24, 2.45) is 0 Å². The molecule has 0 aliphatic heterocycles. The van der Waals surface area contributed by atoms with Crippen LogP contribution in [-0.2, 0) is 20.9 Å². The second kappa shape index (κ2) is 8.83. The van der Waals surface area contributed by atoms with Gasteiger partial charge < -0.3 is 15.0 Å². The molecule has 0 aliphatic rings. The van der Waals surface area contributed by atoms with E-state index < -0.39 is 5.97 Å². The van der Waals surface area contributed by atoms with E-state index >= 15 is 0 Å². The SMILES string of the molecule is CN(Cc1ccccc1)C(=O)COC(=O)CNC(=O)c1cccs1. The first kappa shape index (κ1) is 17.7. The lowest BCUT2D eigenvalue weighted by Gasteiger charge is -2.17. The van der Waals surface area contributed by atoms with Crippen LogP contribution in [-0.4, -0.2) is 42.9 Å². The molecule has 126 valence electrons. The summed E-state index contributed by atoms with van der Waals surface area (Å²) in [7, 11) is 1.64. The van der Waals surface area contributed by atoms with E-state index in [1.54, 1.807) is 24.6 Å². The number of carbonyl (C=O) groups is 3. The Morgan fingerprint density at radius 2 is 1.88 bits per heavy atom. The van der Waals surface area contributed by atoms with Crippen LogP contribution in [0.15, 0.2) is 47.8 Å². The summed E-state index contributed by atoms with van der Waals surface area (Å²) in [5, 5.41) is 4.22. The van der Waals surface area contributed by atoms with E-state index in [1.165, 1.54) is 16.2 Å². The maximum Gasteiger partial charge on any atom is 0.325 e.